The Morgan fingerprint density at radius 3 is 2.85 bits per heavy atom. The van der Waals surface area contributed by atoms with Gasteiger partial charge in [-0.1, -0.05) is 27.5 Å². The van der Waals surface area contributed by atoms with Crippen LogP contribution in [0.2, 0.25) is 5.15 Å². The van der Waals surface area contributed by atoms with Gasteiger partial charge in [-0.05, 0) is 36.8 Å². The van der Waals surface area contributed by atoms with Crippen LogP contribution < -0.4 is 0 Å². The van der Waals surface area contributed by atoms with Crippen LogP contribution in [0.5, 0.6) is 0 Å². The molecule has 0 fully saturated rings. The van der Waals surface area contributed by atoms with E-state index in [4.69, 9.17) is 11.6 Å². The minimum Gasteiger partial charge on any atom is -0.236 e. The number of aryl methyl sites for hydroxylation is 1. The van der Waals surface area contributed by atoms with Gasteiger partial charge < -0.3 is 0 Å². The fourth-order valence-corrected chi connectivity index (χ4v) is 2.15. The quantitative estimate of drug-likeness (QED) is 0.650. The van der Waals surface area contributed by atoms with Gasteiger partial charge in [0.05, 0.1) is 5.52 Å². The van der Waals surface area contributed by atoms with Gasteiger partial charge in [0, 0.05) is 9.86 Å². The Hall–Kier alpha value is -0.600. The second kappa shape index (κ2) is 3.28. The lowest BCUT2D eigenvalue weighted by molar-refractivity contribution is 1.38. The number of fused-ring (bicyclic) bond motifs is 1. The molecule has 1 heterocycles. The van der Waals surface area contributed by atoms with E-state index in [0.29, 0.717) is 5.15 Å². The first-order chi connectivity index (χ1) is 6.16. The normalized spacial score (nSPS) is 10.7. The van der Waals surface area contributed by atoms with Gasteiger partial charge in [0.1, 0.15) is 5.15 Å². The Labute approximate surface area is 89.9 Å². The smallest absolute Gasteiger partial charge is 0.129 e. The molecule has 0 unspecified atom stereocenters. The lowest BCUT2D eigenvalue weighted by Gasteiger charge is -2.01. The zero-order chi connectivity index (χ0) is 9.42. The zero-order valence-electron chi connectivity index (χ0n) is 7.01. The average Bonchev–Trinajstić information content (AvgIpc) is 2.02. The number of hydrogen-bond acceptors (Lipinski definition) is 1. The van der Waals surface area contributed by atoms with Crippen LogP contribution in [0.15, 0.2) is 28.7 Å². The maximum absolute atomic E-state index is 5.80. The molecule has 0 bridgehead atoms. The zero-order valence-corrected chi connectivity index (χ0v) is 9.35. The Balaban J connectivity index is 2.86. The molecular formula is C10H7BrClN. The standard InChI is InChI=1S/C10H7BrClN/c1-6-4-8(11)7-2-3-10(12)13-9(7)5-6/h2-5H,1H3. The highest BCUT2D eigenvalue weighted by molar-refractivity contribution is 9.10. The Morgan fingerprint density at radius 2 is 2.08 bits per heavy atom. The molecule has 2 rings (SSSR count). The third-order valence-electron chi connectivity index (χ3n) is 1.87. The first-order valence-corrected chi connectivity index (χ1v) is 5.06. The molecule has 0 amide bonds. The summed E-state index contributed by atoms with van der Waals surface area (Å²) in [5.74, 6) is 0. The van der Waals surface area contributed by atoms with E-state index >= 15 is 0 Å². The molecule has 1 nitrogen and oxygen atoms in total. The molecule has 0 atom stereocenters. The van der Waals surface area contributed by atoms with Crippen molar-refractivity contribution in [3.63, 3.8) is 0 Å². The molecule has 0 spiro atoms. The molecule has 0 aliphatic heterocycles. The van der Waals surface area contributed by atoms with Gasteiger partial charge in [0.25, 0.3) is 0 Å². The van der Waals surface area contributed by atoms with E-state index in [0.717, 1.165) is 15.4 Å². The van der Waals surface area contributed by atoms with Gasteiger partial charge in [-0.2, -0.15) is 0 Å². The Morgan fingerprint density at radius 1 is 1.31 bits per heavy atom. The van der Waals surface area contributed by atoms with Crippen molar-refractivity contribution in [2.24, 2.45) is 0 Å². The molecule has 66 valence electrons. The topological polar surface area (TPSA) is 12.9 Å². The summed E-state index contributed by atoms with van der Waals surface area (Å²) in [6.45, 7) is 2.03. The van der Waals surface area contributed by atoms with Gasteiger partial charge in [-0.15, -0.1) is 0 Å². The van der Waals surface area contributed by atoms with Gasteiger partial charge in [-0.25, -0.2) is 4.98 Å². The fraction of sp³-hybridized carbons (Fsp3) is 0.100. The van der Waals surface area contributed by atoms with Gasteiger partial charge in [0.15, 0.2) is 0 Å². The molecule has 13 heavy (non-hydrogen) atoms. The van der Waals surface area contributed by atoms with Crippen molar-refractivity contribution < 1.29 is 0 Å². The van der Waals surface area contributed by atoms with E-state index in [1.807, 2.05) is 19.1 Å². The van der Waals surface area contributed by atoms with E-state index in [-0.39, 0.29) is 0 Å². The summed E-state index contributed by atoms with van der Waals surface area (Å²) in [6, 6.07) is 7.85. The molecular weight excluding hydrogens is 249 g/mol. The third kappa shape index (κ3) is 1.69. The summed E-state index contributed by atoms with van der Waals surface area (Å²) in [5.41, 5.74) is 2.11. The SMILES string of the molecule is Cc1cc(Br)c2ccc(Cl)nc2c1. The highest BCUT2D eigenvalue weighted by atomic mass is 79.9. The van der Waals surface area contributed by atoms with Crippen molar-refractivity contribution in [2.75, 3.05) is 0 Å². The fourth-order valence-electron chi connectivity index (χ4n) is 1.30. The minimum atomic E-state index is 0.532. The maximum Gasteiger partial charge on any atom is 0.129 e. The highest BCUT2D eigenvalue weighted by Crippen LogP contribution is 2.25. The van der Waals surface area contributed by atoms with Gasteiger partial charge >= 0.3 is 0 Å². The van der Waals surface area contributed by atoms with Crippen molar-refractivity contribution >= 4 is 38.4 Å². The van der Waals surface area contributed by atoms with Crippen LogP contribution in [-0.4, -0.2) is 4.98 Å². The average molecular weight is 257 g/mol. The molecule has 1 aromatic heterocycles. The van der Waals surface area contributed by atoms with Gasteiger partial charge in [-0.3, -0.25) is 0 Å². The van der Waals surface area contributed by atoms with Crippen LogP contribution in [0.1, 0.15) is 5.56 Å². The van der Waals surface area contributed by atoms with Crippen molar-refractivity contribution in [2.45, 2.75) is 6.92 Å². The molecule has 0 saturated heterocycles. The highest BCUT2D eigenvalue weighted by Gasteiger charge is 2.01. The number of benzene rings is 1. The van der Waals surface area contributed by atoms with Crippen molar-refractivity contribution in [1.82, 2.24) is 4.98 Å². The summed E-state index contributed by atoms with van der Waals surface area (Å²) < 4.78 is 1.06. The van der Waals surface area contributed by atoms with E-state index in [2.05, 4.69) is 27.0 Å². The predicted molar refractivity (Wildman–Crippen MR) is 59.2 cm³/mol. The monoisotopic (exact) mass is 255 g/mol. The van der Waals surface area contributed by atoms with E-state index in [9.17, 15) is 0 Å². The Kier molecular flexibility index (Phi) is 2.26. The number of halogens is 2. The maximum atomic E-state index is 5.80. The molecule has 0 N–H and O–H groups in total. The van der Waals surface area contributed by atoms with Crippen molar-refractivity contribution in [3.8, 4) is 0 Å². The molecule has 0 aliphatic carbocycles. The van der Waals surface area contributed by atoms with E-state index in [1.165, 1.54) is 5.56 Å². The molecule has 1 aromatic carbocycles. The predicted octanol–water partition coefficient (Wildman–Crippen LogP) is 3.96. The lowest BCUT2D eigenvalue weighted by Crippen LogP contribution is -1.82. The molecule has 0 radical (unpaired) electrons. The second-order valence-electron chi connectivity index (χ2n) is 2.95. The van der Waals surface area contributed by atoms with Crippen LogP contribution in [-0.2, 0) is 0 Å². The van der Waals surface area contributed by atoms with Crippen LogP contribution in [0.25, 0.3) is 10.9 Å². The van der Waals surface area contributed by atoms with Gasteiger partial charge in [0.2, 0.25) is 0 Å². The summed E-state index contributed by atoms with van der Waals surface area (Å²) in [7, 11) is 0. The van der Waals surface area contributed by atoms with Crippen molar-refractivity contribution in [3.05, 3.63) is 39.5 Å². The van der Waals surface area contributed by atoms with Crippen LogP contribution >= 0.6 is 27.5 Å². The second-order valence-corrected chi connectivity index (χ2v) is 4.19. The Bertz CT molecular complexity index is 462. The molecule has 0 saturated carbocycles. The van der Waals surface area contributed by atoms with E-state index < -0.39 is 0 Å². The number of aromatic nitrogens is 1. The summed E-state index contributed by atoms with van der Waals surface area (Å²) >= 11 is 9.29. The summed E-state index contributed by atoms with van der Waals surface area (Å²) in [4.78, 5) is 4.23. The number of pyridine rings is 1. The minimum absolute atomic E-state index is 0.532. The van der Waals surface area contributed by atoms with Crippen LogP contribution in [0, 0.1) is 6.92 Å². The molecule has 2 aromatic rings. The first kappa shape index (κ1) is 8.97. The number of rotatable bonds is 0. The van der Waals surface area contributed by atoms with Crippen LogP contribution in [0.3, 0.4) is 0 Å². The first-order valence-electron chi connectivity index (χ1n) is 3.89. The largest absolute Gasteiger partial charge is 0.236 e. The number of hydrogen-bond donors (Lipinski definition) is 0. The number of nitrogens with zero attached hydrogens (tertiary/aromatic N) is 1. The van der Waals surface area contributed by atoms with Crippen LogP contribution in [0.4, 0.5) is 0 Å². The summed E-state index contributed by atoms with van der Waals surface area (Å²) in [5, 5.41) is 1.63. The molecule has 3 heteroatoms. The lowest BCUT2D eigenvalue weighted by atomic mass is 10.1. The molecule has 0 aliphatic rings. The summed E-state index contributed by atoms with van der Waals surface area (Å²) in [6.07, 6.45) is 0. The van der Waals surface area contributed by atoms with E-state index in [1.54, 1.807) is 6.07 Å². The van der Waals surface area contributed by atoms with Crippen molar-refractivity contribution in [1.29, 1.82) is 0 Å². The third-order valence-corrected chi connectivity index (χ3v) is 2.73.